The molecule has 0 amide bonds. The first kappa shape index (κ1) is 17.0. The molecule has 0 saturated heterocycles. The first-order chi connectivity index (χ1) is 11.5. The van der Waals surface area contributed by atoms with Gasteiger partial charge in [0.1, 0.15) is 18.5 Å². The van der Waals surface area contributed by atoms with Gasteiger partial charge in [-0.15, -0.1) is 0 Å². The van der Waals surface area contributed by atoms with Gasteiger partial charge in [-0.2, -0.15) is 0 Å². The van der Waals surface area contributed by atoms with Crippen molar-refractivity contribution in [3.05, 3.63) is 64.2 Å². The number of rotatable bonds is 5. The number of fused-ring (bicyclic) bond motifs is 1. The van der Waals surface area contributed by atoms with Gasteiger partial charge in [0.25, 0.3) is 0 Å². The fourth-order valence-corrected chi connectivity index (χ4v) is 3.40. The summed E-state index contributed by atoms with van der Waals surface area (Å²) in [6, 6.07) is 12.8. The first-order valence-electron chi connectivity index (χ1n) is 8.71. The predicted octanol–water partition coefficient (Wildman–Crippen LogP) is 3.41. The number of aryl methyl sites for hydroxylation is 2. The van der Waals surface area contributed by atoms with Crippen LogP contribution in [-0.2, 0) is 13.0 Å². The summed E-state index contributed by atoms with van der Waals surface area (Å²) in [5.74, 6) is 0.885. The molecule has 3 heteroatoms. The SMILES string of the molecule is Cc1cc(C)c(C)c(OC[C@@H](O)CN2CCc3ccccc3C2)c1. The highest BCUT2D eigenvalue weighted by Crippen LogP contribution is 2.24. The summed E-state index contributed by atoms with van der Waals surface area (Å²) in [6.07, 6.45) is 0.579. The van der Waals surface area contributed by atoms with Crippen LogP contribution < -0.4 is 4.74 Å². The van der Waals surface area contributed by atoms with Gasteiger partial charge in [0.05, 0.1) is 0 Å². The van der Waals surface area contributed by atoms with Crippen molar-refractivity contribution >= 4 is 0 Å². The van der Waals surface area contributed by atoms with E-state index in [0.29, 0.717) is 13.2 Å². The standard InChI is InChI=1S/C21H27NO2/c1-15-10-16(2)17(3)21(11-15)24-14-20(23)13-22-9-8-18-6-4-5-7-19(18)12-22/h4-7,10-11,20,23H,8-9,12-14H2,1-3H3/t20-/m0/s1. The molecule has 128 valence electrons. The van der Waals surface area contributed by atoms with Crippen LogP contribution in [0.2, 0.25) is 0 Å². The van der Waals surface area contributed by atoms with Crippen molar-refractivity contribution in [2.24, 2.45) is 0 Å². The van der Waals surface area contributed by atoms with Crippen LogP contribution in [0.25, 0.3) is 0 Å². The molecule has 0 saturated carbocycles. The highest BCUT2D eigenvalue weighted by molar-refractivity contribution is 5.41. The number of aliphatic hydroxyl groups is 1. The van der Waals surface area contributed by atoms with Crippen molar-refractivity contribution in [1.82, 2.24) is 4.90 Å². The maximum atomic E-state index is 10.4. The van der Waals surface area contributed by atoms with Crippen molar-refractivity contribution in [3.8, 4) is 5.75 Å². The largest absolute Gasteiger partial charge is 0.491 e. The van der Waals surface area contributed by atoms with Crippen LogP contribution in [-0.4, -0.2) is 35.8 Å². The quantitative estimate of drug-likeness (QED) is 0.914. The Balaban J connectivity index is 1.54. The normalized spacial score (nSPS) is 15.8. The molecule has 0 spiro atoms. The van der Waals surface area contributed by atoms with E-state index in [-0.39, 0.29) is 0 Å². The average molecular weight is 325 g/mol. The van der Waals surface area contributed by atoms with Gasteiger partial charge in [-0.3, -0.25) is 4.90 Å². The molecule has 0 unspecified atom stereocenters. The lowest BCUT2D eigenvalue weighted by Gasteiger charge is -2.30. The number of hydrogen-bond donors (Lipinski definition) is 1. The van der Waals surface area contributed by atoms with E-state index in [2.05, 4.69) is 56.0 Å². The third-order valence-corrected chi connectivity index (χ3v) is 4.87. The molecule has 0 aromatic heterocycles. The summed E-state index contributed by atoms with van der Waals surface area (Å²) in [7, 11) is 0. The summed E-state index contributed by atoms with van der Waals surface area (Å²) in [4.78, 5) is 2.31. The van der Waals surface area contributed by atoms with Crippen molar-refractivity contribution in [2.45, 2.75) is 39.8 Å². The van der Waals surface area contributed by atoms with Gasteiger partial charge in [-0.25, -0.2) is 0 Å². The Hall–Kier alpha value is -1.84. The Morgan fingerprint density at radius 3 is 2.67 bits per heavy atom. The molecular formula is C21H27NO2. The smallest absolute Gasteiger partial charge is 0.122 e. The number of nitrogens with zero attached hydrogens (tertiary/aromatic N) is 1. The number of ether oxygens (including phenoxy) is 1. The summed E-state index contributed by atoms with van der Waals surface area (Å²) < 4.78 is 5.89. The minimum absolute atomic E-state index is 0.335. The van der Waals surface area contributed by atoms with Crippen molar-refractivity contribution in [1.29, 1.82) is 0 Å². The zero-order chi connectivity index (χ0) is 17.1. The molecule has 1 heterocycles. The van der Waals surface area contributed by atoms with E-state index in [4.69, 9.17) is 4.74 Å². The van der Waals surface area contributed by atoms with Crippen LogP contribution in [0.15, 0.2) is 36.4 Å². The molecule has 3 rings (SSSR count). The third-order valence-electron chi connectivity index (χ3n) is 4.87. The summed E-state index contributed by atoms with van der Waals surface area (Å²) in [6.45, 7) is 9.13. The van der Waals surface area contributed by atoms with Gasteiger partial charge < -0.3 is 9.84 Å². The van der Waals surface area contributed by atoms with Crippen molar-refractivity contribution < 1.29 is 9.84 Å². The number of benzene rings is 2. The van der Waals surface area contributed by atoms with Gasteiger partial charge >= 0.3 is 0 Å². The van der Waals surface area contributed by atoms with Crippen LogP contribution in [0.4, 0.5) is 0 Å². The summed E-state index contributed by atoms with van der Waals surface area (Å²) in [5.41, 5.74) is 6.38. The molecule has 1 aliphatic rings. The Labute approximate surface area is 144 Å². The molecule has 1 atom stereocenters. The van der Waals surface area contributed by atoms with E-state index in [1.807, 2.05) is 6.07 Å². The van der Waals surface area contributed by atoms with Crippen LogP contribution >= 0.6 is 0 Å². The van der Waals surface area contributed by atoms with Crippen LogP contribution in [0, 0.1) is 20.8 Å². The van der Waals surface area contributed by atoms with E-state index in [1.54, 1.807) is 0 Å². The van der Waals surface area contributed by atoms with E-state index < -0.39 is 6.10 Å². The Morgan fingerprint density at radius 2 is 1.88 bits per heavy atom. The van der Waals surface area contributed by atoms with Gasteiger partial charge in [-0.05, 0) is 61.1 Å². The minimum atomic E-state index is -0.476. The zero-order valence-electron chi connectivity index (χ0n) is 14.9. The molecule has 0 bridgehead atoms. The first-order valence-corrected chi connectivity index (χ1v) is 8.71. The highest BCUT2D eigenvalue weighted by Gasteiger charge is 2.19. The minimum Gasteiger partial charge on any atom is -0.491 e. The van der Waals surface area contributed by atoms with Crippen molar-refractivity contribution in [2.75, 3.05) is 19.7 Å². The Kier molecular flexibility index (Phi) is 5.22. The van der Waals surface area contributed by atoms with Crippen LogP contribution in [0.5, 0.6) is 5.75 Å². The van der Waals surface area contributed by atoms with E-state index >= 15 is 0 Å². The van der Waals surface area contributed by atoms with Gasteiger partial charge in [-0.1, -0.05) is 30.3 Å². The fraction of sp³-hybridized carbons (Fsp3) is 0.429. The van der Waals surface area contributed by atoms with Crippen LogP contribution in [0.3, 0.4) is 0 Å². The third kappa shape index (κ3) is 3.97. The molecule has 3 nitrogen and oxygen atoms in total. The molecule has 1 aliphatic heterocycles. The van der Waals surface area contributed by atoms with Gasteiger partial charge in [0, 0.05) is 19.6 Å². The molecule has 0 aliphatic carbocycles. The van der Waals surface area contributed by atoms with E-state index in [0.717, 1.165) is 30.8 Å². The summed E-state index contributed by atoms with van der Waals surface area (Å²) >= 11 is 0. The van der Waals surface area contributed by atoms with Crippen molar-refractivity contribution in [3.63, 3.8) is 0 Å². The molecule has 0 radical (unpaired) electrons. The van der Waals surface area contributed by atoms with E-state index in [1.165, 1.54) is 22.3 Å². The fourth-order valence-electron chi connectivity index (χ4n) is 3.40. The van der Waals surface area contributed by atoms with Gasteiger partial charge in [0.15, 0.2) is 0 Å². The topological polar surface area (TPSA) is 32.7 Å². The monoisotopic (exact) mass is 325 g/mol. The zero-order valence-corrected chi connectivity index (χ0v) is 14.9. The predicted molar refractivity (Wildman–Crippen MR) is 97.6 cm³/mol. The number of hydrogen-bond acceptors (Lipinski definition) is 3. The van der Waals surface area contributed by atoms with E-state index in [9.17, 15) is 5.11 Å². The maximum absolute atomic E-state index is 10.4. The maximum Gasteiger partial charge on any atom is 0.122 e. The van der Waals surface area contributed by atoms with Crippen LogP contribution in [0.1, 0.15) is 27.8 Å². The molecule has 0 fully saturated rings. The van der Waals surface area contributed by atoms with Gasteiger partial charge in [0.2, 0.25) is 0 Å². The summed E-state index contributed by atoms with van der Waals surface area (Å²) in [5, 5.41) is 10.4. The second-order valence-corrected chi connectivity index (χ2v) is 6.92. The molecule has 2 aromatic carbocycles. The lowest BCUT2D eigenvalue weighted by molar-refractivity contribution is 0.0635. The average Bonchev–Trinajstić information content (AvgIpc) is 2.56. The second kappa shape index (κ2) is 7.37. The lowest BCUT2D eigenvalue weighted by Crippen LogP contribution is -2.38. The molecule has 24 heavy (non-hydrogen) atoms. The highest BCUT2D eigenvalue weighted by atomic mass is 16.5. The number of aliphatic hydroxyl groups excluding tert-OH is 1. The molecular weight excluding hydrogens is 298 g/mol. The Morgan fingerprint density at radius 1 is 1.12 bits per heavy atom. The second-order valence-electron chi connectivity index (χ2n) is 6.92. The number of β-amino-alcohol motifs (C(OH)–C–C–N with tert-alkyl or cyclic N) is 1. The molecule has 1 N–H and O–H groups in total. The molecule has 2 aromatic rings. The lowest BCUT2D eigenvalue weighted by atomic mass is 10.00. The Bertz CT molecular complexity index is 711.